The van der Waals surface area contributed by atoms with Gasteiger partial charge >= 0.3 is 0 Å². The standard InChI is InChI=1S/C33H50O/c1-25-13-9-15-27(3)21-23-32(7,29(5)19-11-17-25)31(34)33(8)24-22-28(4)16-10-14-26(2)18-12-20-30(33)6/h15-20H,9-14,21-24H2,1-8H3/b25-17-,26-18-,27-15-,28-16-,29-19-,30-20-. The summed E-state index contributed by atoms with van der Waals surface area (Å²) < 4.78 is 0. The molecular weight excluding hydrogens is 412 g/mol. The smallest absolute Gasteiger partial charge is 0.152 e. The molecule has 0 aromatic carbocycles. The number of hydrogen-bond acceptors (Lipinski definition) is 1. The summed E-state index contributed by atoms with van der Waals surface area (Å²) in [6.45, 7) is 17.8. The molecule has 0 saturated heterocycles. The monoisotopic (exact) mass is 462 g/mol. The molecule has 0 saturated carbocycles. The van der Waals surface area contributed by atoms with Crippen molar-refractivity contribution in [3.8, 4) is 0 Å². The molecular formula is C33H50O. The Labute approximate surface area is 210 Å². The van der Waals surface area contributed by atoms with Crippen LogP contribution in [0.5, 0.6) is 0 Å². The Morgan fingerprint density at radius 3 is 1.29 bits per heavy atom. The molecule has 0 aliphatic heterocycles. The van der Waals surface area contributed by atoms with Crippen molar-refractivity contribution in [1.29, 1.82) is 0 Å². The van der Waals surface area contributed by atoms with Crippen molar-refractivity contribution >= 4 is 5.78 Å². The van der Waals surface area contributed by atoms with Crippen LogP contribution < -0.4 is 0 Å². The van der Waals surface area contributed by atoms with E-state index < -0.39 is 10.8 Å². The molecule has 188 valence electrons. The van der Waals surface area contributed by atoms with Crippen LogP contribution in [0.1, 0.15) is 120 Å². The van der Waals surface area contributed by atoms with E-state index in [2.05, 4.69) is 91.8 Å². The first-order valence-corrected chi connectivity index (χ1v) is 13.5. The molecule has 0 fully saturated rings. The Morgan fingerprint density at radius 2 is 0.912 bits per heavy atom. The first-order valence-electron chi connectivity index (χ1n) is 13.5. The molecule has 2 aliphatic rings. The van der Waals surface area contributed by atoms with Gasteiger partial charge in [0.1, 0.15) is 0 Å². The zero-order valence-electron chi connectivity index (χ0n) is 23.4. The molecule has 2 unspecified atom stereocenters. The second-order valence-corrected chi connectivity index (χ2v) is 11.5. The quantitative estimate of drug-likeness (QED) is 0.373. The number of Topliss-reactive ketones (excluding diaryl/α,β-unsaturated/α-hetero) is 1. The van der Waals surface area contributed by atoms with E-state index in [1.807, 2.05) is 0 Å². The number of carbonyl (C=O) groups excluding carboxylic acids is 1. The van der Waals surface area contributed by atoms with Crippen LogP contribution in [0.4, 0.5) is 0 Å². The van der Waals surface area contributed by atoms with E-state index in [4.69, 9.17) is 0 Å². The van der Waals surface area contributed by atoms with Gasteiger partial charge in [-0.2, -0.15) is 0 Å². The lowest BCUT2D eigenvalue weighted by Crippen LogP contribution is -2.42. The average molecular weight is 463 g/mol. The molecule has 1 heteroatoms. The molecule has 2 rings (SSSR count). The molecule has 0 heterocycles. The summed E-state index contributed by atoms with van der Waals surface area (Å²) in [5, 5.41) is 0. The highest BCUT2D eigenvalue weighted by molar-refractivity contribution is 5.94. The highest BCUT2D eigenvalue weighted by Crippen LogP contribution is 2.46. The average Bonchev–Trinajstić information content (AvgIpc) is 2.79. The molecule has 34 heavy (non-hydrogen) atoms. The maximum absolute atomic E-state index is 14.6. The van der Waals surface area contributed by atoms with E-state index in [-0.39, 0.29) is 0 Å². The minimum atomic E-state index is -0.458. The van der Waals surface area contributed by atoms with Gasteiger partial charge in [0.05, 0.1) is 0 Å². The number of hydrogen-bond donors (Lipinski definition) is 0. The lowest BCUT2D eigenvalue weighted by atomic mass is 9.61. The predicted molar refractivity (Wildman–Crippen MR) is 150 cm³/mol. The second kappa shape index (κ2) is 12.7. The lowest BCUT2D eigenvalue weighted by Gasteiger charge is -2.40. The van der Waals surface area contributed by atoms with Crippen molar-refractivity contribution < 1.29 is 4.79 Å². The number of allylic oxidation sites excluding steroid dienone is 12. The summed E-state index contributed by atoms with van der Waals surface area (Å²) >= 11 is 0. The number of carbonyl (C=O) groups is 1. The van der Waals surface area contributed by atoms with Crippen LogP contribution in [-0.2, 0) is 4.79 Å². The fourth-order valence-electron chi connectivity index (χ4n) is 5.31. The molecule has 0 aromatic rings. The van der Waals surface area contributed by atoms with Gasteiger partial charge in [-0.3, -0.25) is 4.79 Å². The van der Waals surface area contributed by atoms with Crippen molar-refractivity contribution in [3.05, 3.63) is 69.9 Å². The summed E-state index contributed by atoms with van der Waals surface area (Å²) in [5.74, 6) is 0.402. The van der Waals surface area contributed by atoms with Gasteiger partial charge in [-0.05, 0) is 120 Å². The van der Waals surface area contributed by atoms with Gasteiger partial charge in [0, 0.05) is 10.8 Å². The maximum Gasteiger partial charge on any atom is 0.152 e. The molecule has 0 amide bonds. The van der Waals surface area contributed by atoms with Crippen molar-refractivity contribution in [2.75, 3.05) is 0 Å². The first-order chi connectivity index (χ1) is 16.0. The van der Waals surface area contributed by atoms with Gasteiger partial charge in [0.25, 0.3) is 0 Å². The fourth-order valence-corrected chi connectivity index (χ4v) is 5.31. The molecule has 2 aliphatic carbocycles. The molecule has 0 aromatic heterocycles. The van der Waals surface area contributed by atoms with E-state index in [0.717, 1.165) is 64.2 Å². The van der Waals surface area contributed by atoms with Crippen LogP contribution in [-0.4, -0.2) is 5.78 Å². The summed E-state index contributed by atoms with van der Waals surface area (Å²) in [4.78, 5) is 14.6. The largest absolute Gasteiger partial charge is 0.298 e. The Bertz CT molecular complexity index is 842. The van der Waals surface area contributed by atoms with Crippen LogP contribution in [0, 0.1) is 10.8 Å². The Hall–Kier alpha value is -1.89. The third-order valence-electron chi connectivity index (χ3n) is 8.63. The van der Waals surface area contributed by atoms with Crippen molar-refractivity contribution in [2.45, 2.75) is 120 Å². The third kappa shape index (κ3) is 7.56. The second-order valence-electron chi connectivity index (χ2n) is 11.5. The van der Waals surface area contributed by atoms with Crippen LogP contribution in [0.25, 0.3) is 0 Å². The van der Waals surface area contributed by atoms with Crippen LogP contribution in [0.2, 0.25) is 0 Å². The Kier molecular flexibility index (Phi) is 10.6. The summed E-state index contributed by atoms with van der Waals surface area (Å²) in [6, 6.07) is 0. The van der Waals surface area contributed by atoms with Gasteiger partial charge in [0.15, 0.2) is 5.78 Å². The van der Waals surface area contributed by atoms with E-state index in [1.165, 1.54) is 33.4 Å². The summed E-state index contributed by atoms with van der Waals surface area (Å²) in [6.07, 6.45) is 24.1. The highest BCUT2D eigenvalue weighted by Gasteiger charge is 2.46. The molecule has 1 nitrogen and oxygen atoms in total. The van der Waals surface area contributed by atoms with Crippen molar-refractivity contribution in [2.24, 2.45) is 10.8 Å². The van der Waals surface area contributed by atoms with Gasteiger partial charge in [-0.1, -0.05) is 69.9 Å². The highest BCUT2D eigenvalue weighted by atomic mass is 16.1. The van der Waals surface area contributed by atoms with Crippen LogP contribution in [0.3, 0.4) is 0 Å². The van der Waals surface area contributed by atoms with Crippen molar-refractivity contribution in [3.63, 3.8) is 0 Å². The van der Waals surface area contributed by atoms with Crippen LogP contribution in [0.15, 0.2) is 69.9 Å². The zero-order chi connectivity index (χ0) is 25.4. The Balaban J connectivity index is 2.52. The van der Waals surface area contributed by atoms with Gasteiger partial charge in [-0.15, -0.1) is 0 Å². The fraction of sp³-hybridized carbons (Fsp3) is 0.606. The van der Waals surface area contributed by atoms with Gasteiger partial charge < -0.3 is 0 Å². The predicted octanol–water partition coefficient (Wildman–Crippen LogP) is 10.2. The summed E-state index contributed by atoms with van der Waals surface area (Å²) in [5.41, 5.74) is 7.26. The topological polar surface area (TPSA) is 17.1 Å². The van der Waals surface area contributed by atoms with Gasteiger partial charge in [-0.25, -0.2) is 0 Å². The maximum atomic E-state index is 14.6. The molecule has 0 bridgehead atoms. The number of ketones is 1. The minimum absolute atomic E-state index is 0.402. The normalized spacial score (nSPS) is 38.0. The molecule has 0 N–H and O–H groups in total. The minimum Gasteiger partial charge on any atom is -0.298 e. The Morgan fingerprint density at radius 1 is 0.559 bits per heavy atom. The van der Waals surface area contributed by atoms with E-state index >= 15 is 0 Å². The lowest BCUT2D eigenvalue weighted by molar-refractivity contribution is -0.134. The van der Waals surface area contributed by atoms with E-state index in [9.17, 15) is 4.79 Å². The third-order valence-corrected chi connectivity index (χ3v) is 8.63. The number of rotatable bonds is 2. The van der Waals surface area contributed by atoms with E-state index in [0.29, 0.717) is 5.78 Å². The SMILES string of the molecule is C/C1=C/C/C=C(/C)C(C)(C(=O)C2(C)CC/C(C)=C\CC/C(C)=C\C/C=C\2C)CC/C(C)=C\CC1. The molecule has 0 spiro atoms. The first kappa shape index (κ1) is 28.3. The zero-order valence-corrected chi connectivity index (χ0v) is 23.4. The van der Waals surface area contributed by atoms with E-state index in [1.54, 1.807) is 0 Å². The molecule has 0 radical (unpaired) electrons. The van der Waals surface area contributed by atoms with Crippen LogP contribution >= 0.6 is 0 Å². The summed E-state index contributed by atoms with van der Waals surface area (Å²) in [7, 11) is 0. The van der Waals surface area contributed by atoms with Gasteiger partial charge in [0.2, 0.25) is 0 Å². The molecule has 2 atom stereocenters. The van der Waals surface area contributed by atoms with Crippen molar-refractivity contribution in [1.82, 2.24) is 0 Å².